The fourth-order valence-electron chi connectivity index (χ4n) is 4.12. The third kappa shape index (κ3) is 3.11. The molecule has 0 spiro atoms. The third-order valence-electron chi connectivity index (χ3n) is 5.77. The molecule has 5 heteroatoms. The van der Waals surface area contributed by atoms with E-state index in [4.69, 9.17) is 13.9 Å². The van der Waals surface area contributed by atoms with E-state index in [0.29, 0.717) is 18.9 Å². The lowest BCUT2D eigenvalue weighted by Crippen LogP contribution is -2.58. The van der Waals surface area contributed by atoms with Gasteiger partial charge in [0, 0.05) is 37.3 Å². The Morgan fingerprint density at radius 1 is 1.42 bits per heavy atom. The van der Waals surface area contributed by atoms with Gasteiger partial charge in [0.15, 0.2) is 5.76 Å². The maximum Gasteiger partial charge on any atom is 0.289 e. The van der Waals surface area contributed by atoms with Crippen LogP contribution in [0.15, 0.2) is 16.7 Å². The Kier molecular flexibility index (Phi) is 4.39. The molecule has 1 aromatic heterocycles. The Bertz CT molecular complexity index is 594. The van der Waals surface area contributed by atoms with Crippen LogP contribution < -0.4 is 0 Å². The molecule has 1 aromatic rings. The van der Waals surface area contributed by atoms with E-state index in [1.807, 2.05) is 17.9 Å². The molecule has 5 nitrogen and oxygen atoms in total. The van der Waals surface area contributed by atoms with Crippen molar-refractivity contribution in [3.05, 3.63) is 23.7 Å². The molecule has 4 rings (SSSR count). The van der Waals surface area contributed by atoms with Crippen LogP contribution in [0.4, 0.5) is 0 Å². The minimum atomic E-state index is -0.0540. The highest BCUT2D eigenvalue weighted by Crippen LogP contribution is 2.41. The van der Waals surface area contributed by atoms with Crippen molar-refractivity contribution in [1.82, 2.24) is 4.90 Å². The Morgan fingerprint density at radius 2 is 2.29 bits per heavy atom. The Labute approximate surface area is 143 Å². The molecular formula is C19H27NO4. The van der Waals surface area contributed by atoms with E-state index in [2.05, 4.69) is 0 Å². The molecule has 2 saturated heterocycles. The normalized spacial score (nSPS) is 30.2. The summed E-state index contributed by atoms with van der Waals surface area (Å²) in [6.07, 6.45) is 7.41. The molecule has 3 aliphatic rings. The van der Waals surface area contributed by atoms with Gasteiger partial charge in [-0.15, -0.1) is 0 Å². The van der Waals surface area contributed by atoms with Gasteiger partial charge in [-0.25, -0.2) is 0 Å². The van der Waals surface area contributed by atoms with E-state index < -0.39 is 0 Å². The van der Waals surface area contributed by atoms with E-state index in [1.165, 1.54) is 12.8 Å². The number of carbonyl (C=O) groups excluding carboxylic acids is 1. The number of nitrogens with zero attached hydrogens (tertiary/aromatic N) is 1. The van der Waals surface area contributed by atoms with Crippen LogP contribution in [0, 0.1) is 18.3 Å². The molecule has 0 bridgehead atoms. The number of furan rings is 1. The highest BCUT2D eigenvalue weighted by atomic mass is 16.5. The zero-order chi connectivity index (χ0) is 16.6. The van der Waals surface area contributed by atoms with E-state index in [-0.39, 0.29) is 17.4 Å². The maximum atomic E-state index is 12.8. The van der Waals surface area contributed by atoms with Crippen LogP contribution in [-0.2, 0) is 9.47 Å². The topological polar surface area (TPSA) is 51.9 Å². The molecule has 132 valence electrons. The van der Waals surface area contributed by atoms with Crippen LogP contribution in [0.5, 0.6) is 0 Å². The van der Waals surface area contributed by atoms with Crippen LogP contribution in [0.2, 0.25) is 0 Å². The van der Waals surface area contributed by atoms with E-state index in [9.17, 15) is 4.79 Å². The molecule has 0 unspecified atom stereocenters. The van der Waals surface area contributed by atoms with Gasteiger partial charge >= 0.3 is 0 Å². The van der Waals surface area contributed by atoms with Gasteiger partial charge in [-0.05, 0) is 51.0 Å². The van der Waals surface area contributed by atoms with Gasteiger partial charge in [0.1, 0.15) is 0 Å². The van der Waals surface area contributed by atoms with Gasteiger partial charge in [0.2, 0.25) is 0 Å². The van der Waals surface area contributed by atoms with Crippen LogP contribution >= 0.6 is 0 Å². The van der Waals surface area contributed by atoms with Crippen molar-refractivity contribution in [1.29, 1.82) is 0 Å². The highest BCUT2D eigenvalue weighted by molar-refractivity contribution is 5.93. The van der Waals surface area contributed by atoms with Gasteiger partial charge in [0.25, 0.3) is 5.91 Å². The number of ether oxygens (including phenoxy) is 2. The van der Waals surface area contributed by atoms with Gasteiger partial charge in [-0.1, -0.05) is 0 Å². The summed E-state index contributed by atoms with van der Waals surface area (Å²) in [5.74, 6) is 1.23. The minimum Gasteiger partial charge on any atom is -0.459 e. The number of aryl methyl sites for hydroxylation is 1. The van der Waals surface area contributed by atoms with Crippen molar-refractivity contribution in [3.8, 4) is 0 Å². The molecule has 0 radical (unpaired) electrons. The summed E-state index contributed by atoms with van der Waals surface area (Å²) < 4.78 is 17.5. The molecule has 2 aliphatic heterocycles. The summed E-state index contributed by atoms with van der Waals surface area (Å²) in [6.45, 7) is 5.76. The number of hydrogen-bond donors (Lipinski definition) is 0. The Balaban J connectivity index is 1.47. The first-order valence-electron chi connectivity index (χ1n) is 9.21. The number of fused-ring (bicyclic) bond motifs is 1. The highest BCUT2D eigenvalue weighted by Gasteiger charge is 2.47. The second-order valence-electron chi connectivity index (χ2n) is 7.73. The summed E-state index contributed by atoms with van der Waals surface area (Å²) >= 11 is 0. The fourth-order valence-corrected chi connectivity index (χ4v) is 4.12. The fraction of sp³-hybridized carbons (Fsp3) is 0.737. The van der Waals surface area contributed by atoms with Crippen LogP contribution in [0.25, 0.3) is 0 Å². The lowest BCUT2D eigenvalue weighted by atomic mass is 9.73. The van der Waals surface area contributed by atoms with Crippen molar-refractivity contribution < 1.29 is 18.7 Å². The van der Waals surface area contributed by atoms with E-state index in [0.717, 1.165) is 50.5 Å². The summed E-state index contributed by atoms with van der Waals surface area (Å²) in [4.78, 5) is 14.8. The molecule has 1 aliphatic carbocycles. The number of carbonyl (C=O) groups is 1. The van der Waals surface area contributed by atoms with E-state index in [1.54, 1.807) is 6.26 Å². The number of hydrogen-bond acceptors (Lipinski definition) is 4. The SMILES string of the molecule is Cc1ccoc1C(=O)N1CC[C@H]2OCCC[C@]2(COCC2CC2)C1. The first-order valence-corrected chi connectivity index (χ1v) is 9.21. The first kappa shape index (κ1) is 16.2. The zero-order valence-corrected chi connectivity index (χ0v) is 14.5. The first-order chi connectivity index (χ1) is 11.7. The molecule has 1 amide bonds. The molecular weight excluding hydrogens is 306 g/mol. The quantitative estimate of drug-likeness (QED) is 0.831. The number of rotatable bonds is 5. The second kappa shape index (κ2) is 6.52. The average Bonchev–Trinajstić information content (AvgIpc) is 3.32. The number of amides is 1. The van der Waals surface area contributed by atoms with E-state index >= 15 is 0 Å². The maximum absolute atomic E-state index is 12.8. The van der Waals surface area contributed by atoms with Crippen molar-refractivity contribution in [2.24, 2.45) is 11.3 Å². The summed E-state index contributed by atoms with van der Waals surface area (Å²) in [6, 6.07) is 1.85. The number of likely N-dealkylation sites (tertiary alicyclic amines) is 1. The smallest absolute Gasteiger partial charge is 0.289 e. The summed E-state index contributed by atoms with van der Waals surface area (Å²) in [7, 11) is 0. The van der Waals surface area contributed by atoms with Gasteiger partial charge in [0.05, 0.1) is 19.0 Å². The van der Waals surface area contributed by atoms with Crippen molar-refractivity contribution >= 4 is 5.91 Å². The molecule has 1 saturated carbocycles. The molecule has 24 heavy (non-hydrogen) atoms. The van der Waals surface area contributed by atoms with Crippen molar-refractivity contribution in [2.75, 3.05) is 32.9 Å². The van der Waals surface area contributed by atoms with Crippen molar-refractivity contribution in [3.63, 3.8) is 0 Å². The largest absolute Gasteiger partial charge is 0.459 e. The van der Waals surface area contributed by atoms with Crippen LogP contribution in [0.3, 0.4) is 0 Å². The predicted octanol–water partition coefficient (Wildman–Crippen LogP) is 3.03. The lowest BCUT2D eigenvalue weighted by molar-refractivity contribution is -0.147. The molecule has 0 aromatic carbocycles. The van der Waals surface area contributed by atoms with Gasteiger partial charge in [-0.3, -0.25) is 4.79 Å². The molecule has 3 heterocycles. The van der Waals surface area contributed by atoms with Crippen LogP contribution in [0.1, 0.15) is 48.2 Å². The Hall–Kier alpha value is -1.33. The van der Waals surface area contributed by atoms with Gasteiger partial charge < -0.3 is 18.8 Å². The lowest BCUT2D eigenvalue weighted by Gasteiger charge is -2.50. The standard InChI is InChI=1S/C19H27NO4/c1-14-6-10-24-17(14)18(21)20-8-5-16-19(12-20,7-2-9-23-16)13-22-11-15-3-4-15/h6,10,15-16H,2-5,7-9,11-13H2,1H3/t16-,19-/m1/s1. The van der Waals surface area contributed by atoms with Crippen LogP contribution in [-0.4, -0.2) is 49.8 Å². The number of piperidine rings is 1. The molecule has 2 atom stereocenters. The summed E-state index contributed by atoms with van der Waals surface area (Å²) in [5, 5.41) is 0. The minimum absolute atomic E-state index is 0.00286. The predicted molar refractivity (Wildman–Crippen MR) is 88.9 cm³/mol. The second-order valence-corrected chi connectivity index (χ2v) is 7.73. The monoisotopic (exact) mass is 333 g/mol. The molecule has 0 N–H and O–H groups in total. The average molecular weight is 333 g/mol. The zero-order valence-electron chi connectivity index (χ0n) is 14.5. The third-order valence-corrected chi connectivity index (χ3v) is 5.77. The molecule has 3 fully saturated rings. The van der Waals surface area contributed by atoms with Crippen molar-refractivity contribution in [2.45, 2.75) is 45.1 Å². The summed E-state index contributed by atoms with van der Waals surface area (Å²) in [5.41, 5.74) is 0.850. The van der Waals surface area contributed by atoms with Gasteiger partial charge in [-0.2, -0.15) is 0 Å². The Morgan fingerprint density at radius 3 is 3.04 bits per heavy atom.